The molecule has 1 saturated heterocycles. The second-order valence-electron chi connectivity index (χ2n) is 6.40. The van der Waals surface area contributed by atoms with Crippen LogP contribution in [0, 0.1) is 0 Å². The third-order valence-electron chi connectivity index (χ3n) is 4.37. The van der Waals surface area contributed by atoms with Crippen molar-refractivity contribution >= 4 is 51.4 Å². The number of nitrogens with one attached hydrogen (secondary N) is 1. The van der Waals surface area contributed by atoms with E-state index in [1.807, 2.05) is 22.4 Å². The Morgan fingerprint density at radius 1 is 1.31 bits per heavy atom. The Bertz CT molecular complexity index is 737. The number of carbonyl (C=O) groups is 2. The lowest BCUT2D eigenvalue weighted by Crippen LogP contribution is -2.48. The molecule has 1 aliphatic heterocycles. The van der Waals surface area contributed by atoms with E-state index in [0.717, 1.165) is 17.7 Å². The number of piperidine rings is 1. The molecule has 0 unspecified atom stereocenters. The maximum atomic E-state index is 12.5. The van der Waals surface area contributed by atoms with E-state index in [-0.39, 0.29) is 11.8 Å². The van der Waals surface area contributed by atoms with Gasteiger partial charge in [-0.1, -0.05) is 29.2 Å². The van der Waals surface area contributed by atoms with E-state index in [1.165, 1.54) is 29.5 Å². The molecule has 2 atom stereocenters. The van der Waals surface area contributed by atoms with Crippen molar-refractivity contribution in [2.45, 2.75) is 56.0 Å². The lowest BCUT2D eigenvalue weighted by atomic mass is 9.98. The van der Waals surface area contributed by atoms with Gasteiger partial charge in [0.15, 0.2) is 4.34 Å². The predicted octanol–water partition coefficient (Wildman–Crippen LogP) is 3.66. The number of rotatable bonds is 6. The zero-order chi connectivity index (χ0) is 18.5. The zero-order valence-corrected chi connectivity index (χ0v) is 17.3. The fourth-order valence-corrected chi connectivity index (χ4v) is 5.51. The molecular formula is C17H22N4O2S3. The minimum Gasteiger partial charge on any atom is -0.337 e. The number of carbonyl (C=O) groups excluding carboxylic acids is 2. The monoisotopic (exact) mass is 410 g/mol. The molecule has 3 rings (SSSR count). The quantitative estimate of drug-likeness (QED) is 0.581. The number of thioether (sulfide) groups is 1. The summed E-state index contributed by atoms with van der Waals surface area (Å²) in [5.74, 6) is 0.396. The molecule has 0 radical (unpaired) electrons. The van der Waals surface area contributed by atoms with Crippen molar-refractivity contribution in [3.63, 3.8) is 0 Å². The Labute approximate surface area is 165 Å². The zero-order valence-electron chi connectivity index (χ0n) is 14.8. The van der Waals surface area contributed by atoms with Gasteiger partial charge in [0, 0.05) is 17.0 Å². The normalized spacial score (nSPS) is 20.2. The SMILES string of the molecule is C[C@@H]1CCC[C@@H](C)N1C(=O)CSc1nnc(NC(=O)Cc2cccs2)s1. The van der Waals surface area contributed by atoms with Crippen LogP contribution in [0.3, 0.4) is 0 Å². The van der Waals surface area contributed by atoms with Gasteiger partial charge in [-0.25, -0.2) is 0 Å². The second-order valence-corrected chi connectivity index (χ2v) is 9.63. The van der Waals surface area contributed by atoms with Crippen molar-refractivity contribution in [3.05, 3.63) is 22.4 Å². The van der Waals surface area contributed by atoms with Crippen LogP contribution in [-0.4, -0.2) is 44.7 Å². The van der Waals surface area contributed by atoms with Gasteiger partial charge >= 0.3 is 0 Å². The fraction of sp³-hybridized carbons (Fsp3) is 0.529. The number of likely N-dealkylation sites (tertiary alicyclic amines) is 1. The minimum atomic E-state index is -0.104. The molecule has 0 saturated carbocycles. The summed E-state index contributed by atoms with van der Waals surface area (Å²) in [5, 5.41) is 13.3. The average Bonchev–Trinajstić information content (AvgIpc) is 3.24. The Balaban J connectivity index is 1.49. The first kappa shape index (κ1) is 19.3. The van der Waals surface area contributed by atoms with E-state index in [0.29, 0.717) is 33.7 Å². The van der Waals surface area contributed by atoms with Crippen molar-refractivity contribution in [1.29, 1.82) is 0 Å². The van der Waals surface area contributed by atoms with E-state index >= 15 is 0 Å². The first-order valence-corrected chi connectivity index (χ1v) is 11.3. The molecule has 2 amide bonds. The van der Waals surface area contributed by atoms with Crippen molar-refractivity contribution < 1.29 is 9.59 Å². The van der Waals surface area contributed by atoms with Crippen LogP contribution < -0.4 is 5.32 Å². The molecular weight excluding hydrogens is 388 g/mol. The van der Waals surface area contributed by atoms with Gasteiger partial charge in [0.25, 0.3) is 0 Å². The number of anilines is 1. The van der Waals surface area contributed by atoms with Crippen LogP contribution in [0.25, 0.3) is 0 Å². The van der Waals surface area contributed by atoms with Crippen molar-refractivity contribution in [3.8, 4) is 0 Å². The predicted molar refractivity (Wildman–Crippen MR) is 107 cm³/mol. The van der Waals surface area contributed by atoms with Crippen LogP contribution in [0.1, 0.15) is 38.0 Å². The van der Waals surface area contributed by atoms with Gasteiger partial charge < -0.3 is 10.2 Å². The van der Waals surface area contributed by atoms with E-state index in [2.05, 4.69) is 29.4 Å². The molecule has 0 aliphatic carbocycles. The summed E-state index contributed by atoms with van der Waals surface area (Å²) in [4.78, 5) is 27.6. The standard InChI is InChI=1S/C17H22N4O2S3/c1-11-5-3-6-12(2)21(11)15(23)10-25-17-20-19-16(26-17)18-14(22)9-13-7-4-8-24-13/h4,7-8,11-12H,3,5-6,9-10H2,1-2H3,(H,18,19,22)/t11-,12-/m1/s1. The molecule has 140 valence electrons. The van der Waals surface area contributed by atoms with Crippen molar-refractivity contribution in [2.24, 2.45) is 0 Å². The maximum absolute atomic E-state index is 12.5. The fourth-order valence-electron chi connectivity index (χ4n) is 3.16. The summed E-state index contributed by atoms with van der Waals surface area (Å²) in [6.07, 6.45) is 3.66. The largest absolute Gasteiger partial charge is 0.337 e. The van der Waals surface area contributed by atoms with Gasteiger partial charge in [-0.05, 0) is 44.6 Å². The summed E-state index contributed by atoms with van der Waals surface area (Å²) in [7, 11) is 0. The topological polar surface area (TPSA) is 75.2 Å². The molecule has 2 aromatic rings. The van der Waals surface area contributed by atoms with Crippen LogP contribution in [0.4, 0.5) is 5.13 Å². The van der Waals surface area contributed by atoms with Crippen LogP contribution in [0.2, 0.25) is 0 Å². The lowest BCUT2D eigenvalue weighted by Gasteiger charge is -2.39. The van der Waals surface area contributed by atoms with Crippen LogP contribution in [0.15, 0.2) is 21.9 Å². The van der Waals surface area contributed by atoms with E-state index in [1.54, 1.807) is 11.3 Å². The molecule has 0 spiro atoms. The van der Waals surface area contributed by atoms with Gasteiger partial charge in [-0.3, -0.25) is 9.59 Å². The van der Waals surface area contributed by atoms with Gasteiger partial charge in [-0.2, -0.15) is 0 Å². The number of hydrogen-bond donors (Lipinski definition) is 1. The van der Waals surface area contributed by atoms with E-state index in [4.69, 9.17) is 0 Å². The first-order chi connectivity index (χ1) is 12.5. The van der Waals surface area contributed by atoms with Crippen molar-refractivity contribution in [1.82, 2.24) is 15.1 Å². The van der Waals surface area contributed by atoms with E-state index in [9.17, 15) is 9.59 Å². The summed E-state index contributed by atoms with van der Waals surface area (Å²) in [5.41, 5.74) is 0. The Morgan fingerprint density at radius 2 is 2.08 bits per heavy atom. The summed E-state index contributed by atoms with van der Waals surface area (Å²) in [6.45, 7) is 4.23. The third kappa shape index (κ3) is 5.05. The van der Waals surface area contributed by atoms with E-state index < -0.39 is 0 Å². The third-order valence-corrected chi connectivity index (χ3v) is 7.20. The highest BCUT2D eigenvalue weighted by atomic mass is 32.2. The number of thiophene rings is 1. The molecule has 0 aromatic carbocycles. The summed E-state index contributed by atoms with van der Waals surface area (Å²) >= 11 is 4.24. The highest BCUT2D eigenvalue weighted by Gasteiger charge is 2.28. The molecule has 0 bridgehead atoms. The molecule has 26 heavy (non-hydrogen) atoms. The number of amides is 2. The maximum Gasteiger partial charge on any atom is 0.233 e. The molecule has 1 aliphatic rings. The molecule has 2 aromatic heterocycles. The van der Waals surface area contributed by atoms with Crippen molar-refractivity contribution in [2.75, 3.05) is 11.1 Å². The summed E-state index contributed by atoms with van der Waals surface area (Å²) < 4.78 is 0.696. The van der Waals surface area contributed by atoms with Crippen LogP contribution in [0.5, 0.6) is 0 Å². The van der Waals surface area contributed by atoms with Gasteiger partial charge in [-0.15, -0.1) is 21.5 Å². The number of nitrogens with zero attached hydrogens (tertiary/aromatic N) is 3. The number of aromatic nitrogens is 2. The van der Waals surface area contributed by atoms with Crippen LogP contribution in [-0.2, 0) is 16.0 Å². The van der Waals surface area contributed by atoms with Gasteiger partial charge in [0.2, 0.25) is 16.9 Å². The molecule has 1 N–H and O–H groups in total. The molecule has 1 fully saturated rings. The van der Waals surface area contributed by atoms with Crippen LogP contribution >= 0.6 is 34.4 Å². The molecule has 6 nitrogen and oxygen atoms in total. The highest BCUT2D eigenvalue weighted by molar-refractivity contribution is 8.01. The summed E-state index contributed by atoms with van der Waals surface area (Å²) in [6, 6.07) is 4.45. The Hall–Kier alpha value is -1.45. The Morgan fingerprint density at radius 3 is 2.77 bits per heavy atom. The highest BCUT2D eigenvalue weighted by Crippen LogP contribution is 2.28. The molecule has 3 heterocycles. The minimum absolute atomic E-state index is 0.104. The number of hydrogen-bond acceptors (Lipinski definition) is 7. The molecule has 9 heteroatoms. The van der Waals surface area contributed by atoms with Gasteiger partial charge in [0.1, 0.15) is 0 Å². The second kappa shape index (κ2) is 8.96. The average molecular weight is 411 g/mol. The lowest BCUT2D eigenvalue weighted by molar-refractivity contribution is -0.134. The smallest absolute Gasteiger partial charge is 0.233 e. The Kier molecular flexibility index (Phi) is 6.66. The van der Waals surface area contributed by atoms with Gasteiger partial charge in [0.05, 0.1) is 12.2 Å². The first-order valence-electron chi connectivity index (χ1n) is 8.62.